The first-order chi connectivity index (χ1) is 12.9. The summed E-state index contributed by atoms with van der Waals surface area (Å²) in [6, 6.07) is 3.85. The van der Waals surface area contributed by atoms with Gasteiger partial charge in [-0.25, -0.2) is 0 Å². The molecule has 1 saturated carbocycles. The van der Waals surface area contributed by atoms with E-state index in [1.807, 2.05) is 12.1 Å². The van der Waals surface area contributed by atoms with Gasteiger partial charge in [0.05, 0.1) is 12.6 Å². The lowest BCUT2D eigenvalue weighted by molar-refractivity contribution is 0.0986. The Labute approximate surface area is 150 Å². The van der Waals surface area contributed by atoms with Gasteiger partial charge in [0.15, 0.2) is 5.82 Å². The Kier molecular flexibility index (Phi) is 3.97. The maximum Gasteiger partial charge on any atom is 0.244 e. The molecular formula is C18H20N6O2. The van der Waals surface area contributed by atoms with Crippen LogP contribution >= 0.6 is 0 Å². The van der Waals surface area contributed by atoms with Crippen molar-refractivity contribution in [3.05, 3.63) is 42.1 Å². The molecule has 2 aliphatic rings. The fourth-order valence-electron chi connectivity index (χ4n) is 3.46. The molecule has 8 heteroatoms. The van der Waals surface area contributed by atoms with Crippen LogP contribution in [0.2, 0.25) is 0 Å². The van der Waals surface area contributed by atoms with E-state index in [0.29, 0.717) is 30.1 Å². The van der Waals surface area contributed by atoms with E-state index in [-0.39, 0.29) is 6.04 Å². The summed E-state index contributed by atoms with van der Waals surface area (Å²) in [5, 5.41) is 8.26. The number of piperidine rings is 1. The lowest BCUT2D eigenvalue weighted by Crippen LogP contribution is -2.33. The highest BCUT2D eigenvalue weighted by Crippen LogP contribution is 2.38. The van der Waals surface area contributed by atoms with Crippen LogP contribution in [-0.4, -0.2) is 36.7 Å². The van der Waals surface area contributed by atoms with Crippen molar-refractivity contribution in [1.29, 1.82) is 0 Å². The van der Waals surface area contributed by atoms with E-state index in [2.05, 4.69) is 30.2 Å². The topological polar surface area (TPSA) is 94.0 Å². The van der Waals surface area contributed by atoms with Crippen LogP contribution in [0.1, 0.15) is 61.7 Å². The van der Waals surface area contributed by atoms with Crippen LogP contribution in [-0.2, 0) is 6.54 Å². The van der Waals surface area contributed by atoms with Crippen molar-refractivity contribution in [3.63, 3.8) is 0 Å². The Morgan fingerprint density at radius 2 is 1.88 bits per heavy atom. The first kappa shape index (κ1) is 15.6. The van der Waals surface area contributed by atoms with E-state index in [0.717, 1.165) is 37.2 Å². The van der Waals surface area contributed by atoms with Gasteiger partial charge in [0.2, 0.25) is 17.6 Å². The van der Waals surface area contributed by atoms with Gasteiger partial charge in [-0.1, -0.05) is 16.7 Å². The SMILES string of the molecule is c1cc(-c2noc([C@H]3CCCCN3Cc3nc(C4CC4)no3)n2)ccn1. The summed E-state index contributed by atoms with van der Waals surface area (Å²) in [4.78, 5) is 15.5. The Balaban J connectivity index is 1.35. The molecule has 1 aliphatic carbocycles. The fourth-order valence-corrected chi connectivity index (χ4v) is 3.46. The molecule has 0 bridgehead atoms. The summed E-state index contributed by atoms with van der Waals surface area (Å²) in [7, 11) is 0. The minimum Gasteiger partial charge on any atom is -0.338 e. The van der Waals surface area contributed by atoms with E-state index < -0.39 is 0 Å². The highest BCUT2D eigenvalue weighted by Gasteiger charge is 2.32. The first-order valence-electron chi connectivity index (χ1n) is 9.17. The molecule has 3 aromatic rings. The molecule has 0 spiro atoms. The maximum absolute atomic E-state index is 5.59. The van der Waals surface area contributed by atoms with Crippen LogP contribution in [0.25, 0.3) is 11.4 Å². The predicted molar refractivity (Wildman–Crippen MR) is 90.8 cm³/mol. The minimum absolute atomic E-state index is 0.0862. The maximum atomic E-state index is 5.59. The van der Waals surface area contributed by atoms with Crippen molar-refractivity contribution in [2.45, 2.75) is 50.6 Å². The number of rotatable bonds is 5. The van der Waals surface area contributed by atoms with Gasteiger partial charge in [-0.2, -0.15) is 9.97 Å². The molecular weight excluding hydrogens is 332 g/mol. The summed E-state index contributed by atoms with van der Waals surface area (Å²) in [5.41, 5.74) is 0.906. The second kappa shape index (κ2) is 6.60. The summed E-state index contributed by atoms with van der Waals surface area (Å²) in [6.45, 7) is 1.58. The molecule has 134 valence electrons. The average molecular weight is 352 g/mol. The third-order valence-corrected chi connectivity index (χ3v) is 5.04. The van der Waals surface area contributed by atoms with Crippen LogP contribution in [0.5, 0.6) is 0 Å². The van der Waals surface area contributed by atoms with Crippen LogP contribution in [0.3, 0.4) is 0 Å². The Morgan fingerprint density at radius 1 is 1.00 bits per heavy atom. The van der Waals surface area contributed by atoms with Crippen LogP contribution in [0.4, 0.5) is 0 Å². The lowest BCUT2D eigenvalue weighted by atomic mass is 10.0. The quantitative estimate of drug-likeness (QED) is 0.691. The zero-order valence-corrected chi connectivity index (χ0v) is 14.4. The van der Waals surface area contributed by atoms with Crippen molar-refractivity contribution < 1.29 is 9.05 Å². The average Bonchev–Trinajstić information content (AvgIpc) is 3.24. The second-order valence-corrected chi connectivity index (χ2v) is 6.99. The zero-order valence-electron chi connectivity index (χ0n) is 14.4. The van der Waals surface area contributed by atoms with Gasteiger partial charge in [-0.3, -0.25) is 9.88 Å². The zero-order chi connectivity index (χ0) is 17.3. The van der Waals surface area contributed by atoms with E-state index in [4.69, 9.17) is 9.05 Å². The summed E-state index contributed by atoms with van der Waals surface area (Å²) >= 11 is 0. The number of hydrogen-bond acceptors (Lipinski definition) is 8. The molecule has 5 rings (SSSR count). The van der Waals surface area contributed by atoms with Gasteiger partial charge in [-0.15, -0.1) is 0 Å². The predicted octanol–water partition coefficient (Wildman–Crippen LogP) is 3.12. The molecule has 1 atom stereocenters. The third-order valence-electron chi connectivity index (χ3n) is 5.04. The molecule has 2 fully saturated rings. The van der Waals surface area contributed by atoms with E-state index in [9.17, 15) is 0 Å². The summed E-state index contributed by atoms with van der Waals surface area (Å²) in [5.74, 6) is 3.28. The monoisotopic (exact) mass is 352 g/mol. The van der Waals surface area contributed by atoms with Crippen LogP contribution in [0.15, 0.2) is 33.6 Å². The van der Waals surface area contributed by atoms with Gasteiger partial charge < -0.3 is 9.05 Å². The number of aromatic nitrogens is 5. The molecule has 0 N–H and O–H groups in total. The van der Waals surface area contributed by atoms with E-state index in [1.165, 1.54) is 12.8 Å². The largest absolute Gasteiger partial charge is 0.338 e. The van der Waals surface area contributed by atoms with Crippen molar-refractivity contribution in [1.82, 2.24) is 30.2 Å². The van der Waals surface area contributed by atoms with Gasteiger partial charge >= 0.3 is 0 Å². The molecule has 8 nitrogen and oxygen atoms in total. The minimum atomic E-state index is 0.0862. The molecule has 1 aliphatic heterocycles. The summed E-state index contributed by atoms with van der Waals surface area (Å²) < 4.78 is 11.0. The Bertz CT molecular complexity index is 873. The van der Waals surface area contributed by atoms with Crippen LogP contribution < -0.4 is 0 Å². The normalized spacial score (nSPS) is 21.2. The van der Waals surface area contributed by atoms with Gasteiger partial charge in [0, 0.05) is 23.9 Å². The number of nitrogens with zero attached hydrogens (tertiary/aromatic N) is 6. The number of likely N-dealkylation sites (tertiary alicyclic amines) is 1. The van der Waals surface area contributed by atoms with E-state index >= 15 is 0 Å². The first-order valence-corrected chi connectivity index (χ1v) is 9.17. The van der Waals surface area contributed by atoms with Gasteiger partial charge in [0.25, 0.3) is 0 Å². The highest BCUT2D eigenvalue weighted by atomic mass is 16.5. The van der Waals surface area contributed by atoms with E-state index in [1.54, 1.807) is 12.4 Å². The molecule has 1 saturated heterocycles. The molecule has 26 heavy (non-hydrogen) atoms. The molecule has 0 aromatic carbocycles. The molecule has 3 aromatic heterocycles. The van der Waals surface area contributed by atoms with Crippen molar-refractivity contribution in [2.75, 3.05) is 6.54 Å². The smallest absolute Gasteiger partial charge is 0.244 e. The molecule has 0 unspecified atom stereocenters. The fraction of sp³-hybridized carbons (Fsp3) is 0.500. The molecule has 4 heterocycles. The van der Waals surface area contributed by atoms with Crippen molar-refractivity contribution in [2.24, 2.45) is 0 Å². The highest BCUT2D eigenvalue weighted by molar-refractivity contribution is 5.52. The third kappa shape index (κ3) is 3.12. The molecule has 0 amide bonds. The standard InChI is InChI=1S/C18H20N6O2/c1-2-10-24(11-15-20-16(22-25-15)12-4-5-12)14(3-1)18-21-17(23-26-18)13-6-8-19-9-7-13/h6-9,12,14H,1-5,10-11H2/t14-/m1/s1. The Hall–Kier alpha value is -2.61. The number of pyridine rings is 1. The van der Waals surface area contributed by atoms with Gasteiger partial charge in [0.1, 0.15) is 0 Å². The second-order valence-electron chi connectivity index (χ2n) is 6.99. The Morgan fingerprint density at radius 3 is 2.73 bits per heavy atom. The lowest BCUT2D eigenvalue weighted by Gasteiger charge is -2.31. The van der Waals surface area contributed by atoms with Crippen LogP contribution in [0, 0.1) is 0 Å². The summed E-state index contributed by atoms with van der Waals surface area (Å²) in [6.07, 6.45) is 9.07. The van der Waals surface area contributed by atoms with Gasteiger partial charge in [-0.05, 0) is 44.4 Å². The van der Waals surface area contributed by atoms with Crippen molar-refractivity contribution >= 4 is 0 Å². The number of hydrogen-bond donors (Lipinski definition) is 0. The van der Waals surface area contributed by atoms with Crippen molar-refractivity contribution in [3.8, 4) is 11.4 Å². The molecule has 0 radical (unpaired) electrons.